The van der Waals surface area contributed by atoms with Gasteiger partial charge < -0.3 is 15.5 Å². The summed E-state index contributed by atoms with van der Waals surface area (Å²) < 4.78 is 0. The number of carbonyl (C=O) groups excluding carboxylic acids is 1. The quantitative estimate of drug-likeness (QED) is 0.330. The number of carboxylic acids is 2. The molecule has 3 atom stereocenters. The van der Waals surface area contributed by atoms with Crippen molar-refractivity contribution in [2.45, 2.75) is 37.4 Å². The van der Waals surface area contributed by atoms with Crippen LogP contribution < -0.4 is 10.6 Å². The molecule has 176 valence electrons. The standard InChI is InChI=1S/C27H28N2O5/c30-25(29-24(27(33)34)18-21-14-8-3-9-15-21)22(16-19-10-4-1-5-11-19)28-23(26(31)32)17-20-12-6-2-7-13-20/h1-15,22-24,28H,16-18H2,(H,29,30)(H,31,32)(H,33,34)/t22-,23-,24-/m0/s1. The molecule has 1 amide bonds. The molecule has 0 aliphatic rings. The van der Waals surface area contributed by atoms with Crippen LogP contribution in [0.5, 0.6) is 0 Å². The minimum atomic E-state index is -1.16. The summed E-state index contributed by atoms with van der Waals surface area (Å²) in [4.78, 5) is 37.1. The lowest BCUT2D eigenvalue weighted by Crippen LogP contribution is -2.55. The number of amides is 1. The molecule has 0 spiro atoms. The second-order valence-electron chi connectivity index (χ2n) is 8.08. The van der Waals surface area contributed by atoms with Crippen molar-refractivity contribution in [2.75, 3.05) is 0 Å². The molecule has 34 heavy (non-hydrogen) atoms. The minimum Gasteiger partial charge on any atom is -0.480 e. The Morgan fingerprint density at radius 3 is 1.29 bits per heavy atom. The lowest BCUT2D eigenvalue weighted by atomic mass is 10.0. The molecule has 0 bridgehead atoms. The third-order valence-electron chi connectivity index (χ3n) is 5.48. The fourth-order valence-corrected chi connectivity index (χ4v) is 3.71. The average molecular weight is 461 g/mol. The SMILES string of the molecule is O=C(O)[C@H](Cc1ccccc1)NC(=O)[C@H](Cc1ccccc1)N[C@@H](Cc1ccccc1)C(=O)O. The molecule has 3 aromatic carbocycles. The van der Waals surface area contributed by atoms with Gasteiger partial charge in [0.25, 0.3) is 0 Å². The van der Waals surface area contributed by atoms with Gasteiger partial charge in [0.2, 0.25) is 5.91 Å². The molecule has 3 rings (SSSR count). The lowest BCUT2D eigenvalue weighted by Gasteiger charge is -2.25. The van der Waals surface area contributed by atoms with Crippen LogP contribution >= 0.6 is 0 Å². The van der Waals surface area contributed by atoms with Gasteiger partial charge in [0.1, 0.15) is 12.1 Å². The Hall–Kier alpha value is -3.97. The number of nitrogens with one attached hydrogen (secondary N) is 2. The van der Waals surface area contributed by atoms with Crippen molar-refractivity contribution in [1.29, 1.82) is 0 Å². The first-order chi connectivity index (χ1) is 16.4. The molecule has 7 nitrogen and oxygen atoms in total. The summed E-state index contributed by atoms with van der Waals surface area (Å²) in [6.07, 6.45) is 0.510. The molecule has 0 saturated carbocycles. The number of rotatable bonds is 12. The fourth-order valence-electron chi connectivity index (χ4n) is 3.71. The second-order valence-corrected chi connectivity index (χ2v) is 8.08. The van der Waals surface area contributed by atoms with Crippen molar-refractivity contribution in [3.8, 4) is 0 Å². The number of carboxylic acid groups (broad SMARTS) is 2. The molecule has 3 aromatic rings. The molecule has 4 N–H and O–H groups in total. The highest BCUT2D eigenvalue weighted by Gasteiger charge is 2.29. The van der Waals surface area contributed by atoms with E-state index >= 15 is 0 Å². The Balaban J connectivity index is 1.79. The molecule has 0 radical (unpaired) electrons. The van der Waals surface area contributed by atoms with E-state index in [1.54, 1.807) is 24.3 Å². The highest BCUT2D eigenvalue weighted by molar-refractivity contribution is 5.88. The molecule has 0 aromatic heterocycles. The first-order valence-corrected chi connectivity index (χ1v) is 11.1. The van der Waals surface area contributed by atoms with Crippen LogP contribution in [0, 0.1) is 0 Å². The zero-order chi connectivity index (χ0) is 24.3. The minimum absolute atomic E-state index is 0.117. The first kappa shape index (κ1) is 24.7. The maximum atomic E-state index is 13.2. The summed E-state index contributed by atoms with van der Waals surface area (Å²) in [5.74, 6) is -2.81. The Kier molecular flexibility index (Phi) is 8.94. The largest absolute Gasteiger partial charge is 0.480 e. The molecule has 0 aliphatic heterocycles. The monoisotopic (exact) mass is 460 g/mol. The first-order valence-electron chi connectivity index (χ1n) is 11.1. The Bertz CT molecular complexity index is 1070. The van der Waals surface area contributed by atoms with Gasteiger partial charge in [0.15, 0.2) is 0 Å². The van der Waals surface area contributed by atoms with Crippen molar-refractivity contribution < 1.29 is 24.6 Å². The molecule has 0 heterocycles. The van der Waals surface area contributed by atoms with Crippen LogP contribution in [0.1, 0.15) is 16.7 Å². The number of hydrogen-bond donors (Lipinski definition) is 4. The smallest absolute Gasteiger partial charge is 0.326 e. The van der Waals surface area contributed by atoms with E-state index in [0.717, 1.165) is 16.7 Å². The predicted octanol–water partition coefficient (Wildman–Crippen LogP) is 2.70. The van der Waals surface area contributed by atoms with E-state index in [2.05, 4.69) is 10.6 Å². The summed E-state index contributed by atoms with van der Waals surface area (Å²) in [5.41, 5.74) is 2.41. The van der Waals surface area contributed by atoms with Gasteiger partial charge in [-0.15, -0.1) is 0 Å². The molecular formula is C27H28N2O5. The van der Waals surface area contributed by atoms with Gasteiger partial charge in [-0.2, -0.15) is 0 Å². The van der Waals surface area contributed by atoms with Crippen molar-refractivity contribution in [3.05, 3.63) is 108 Å². The Labute approximate surface area is 198 Å². The lowest BCUT2D eigenvalue weighted by molar-refractivity contribution is -0.143. The maximum Gasteiger partial charge on any atom is 0.326 e. The van der Waals surface area contributed by atoms with Crippen LogP contribution in [-0.4, -0.2) is 46.2 Å². The van der Waals surface area contributed by atoms with Crippen LogP contribution in [0.4, 0.5) is 0 Å². The predicted molar refractivity (Wildman–Crippen MR) is 128 cm³/mol. The van der Waals surface area contributed by atoms with Crippen molar-refractivity contribution >= 4 is 17.8 Å². The summed E-state index contributed by atoms with van der Waals surface area (Å²) in [6, 6.07) is 24.2. The normalized spacial score (nSPS) is 13.4. The number of carbonyl (C=O) groups is 3. The third-order valence-corrected chi connectivity index (χ3v) is 5.48. The van der Waals surface area contributed by atoms with E-state index in [1.165, 1.54) is 0 Å². The zero-order valence-corrected chi connectivity index (χ0v) is 18.6. The van der Waals surface area contributed by atoms with E-state index < -0.39 is 36.0 Å². The molecule has 0 fully saturated rings. The summed E-state index contributed by atoms with van der Waals surface area (Å²) >= 11 is 0. The molecule has 0 unspecified atom stereocenters. The van der Waals surface area contributed by atoms with Crippen LogP contribution in [0.25, 0.3) is 0 Å². The van der Waals surface area contributed by atoms with Gasteiger partial charge in [0, 0.05) is 6.42 Å². The van der Waals surface area contributed by atoms with Gasteiger partial charge in [-0.1, -0.05) is 91.0 Å². The van der Waals surface area contributed by atoms with Crippen molar-refractivity contribution in [3.63, 3.8) is 0 Å². The van der Waals surface area contributed by atoms with Crippen LogP contribution in [0.15, 0.2) is 91.0 Å². The third kappa shape index (κ3) is 7.56. The summed E-state index contributed by atoms with van der Waals surface area (Å²) in [7, 11) is 0. The van der Waals surface area contributed by atoms with Crippen LogP contribution in [0.2, 0.25) is 0 Å². The van der Waals surface area contributed by atoms with Gasteiger partial charge >= 0.3 is 11.9 Å². The van der Waals surface area contributed by atoms with Gasteiger partial charge in [-0.05, 0) is 29.5 Å². The number of benzene rings is 3. The molecular weight excluding hydrogens is 432 g/mol. The van der Waals surface area contributed by atoms with Crippen molar-refractivity contribution in [2.24, 2.45) is 0 Å². The van der Waals surface area contributed by atoms with Crippen LogP contribution in [0.3, 0.4) is 0 Å². The van der Waals surface area contributed by atoms with Gasteiger partial charge in [-0.25, -0.2) is 4.79 Å². The van der Waals surface area contributed by atoms with E-state index in [9.17, 15) is 24.6 Å². The van der Waals surface area contributed by atoms with E-state index in [1.807, 2.05) is 66.7 Å². The molecule has 0 saturated heterocycles. The highest BCUT2D eigenvalue weighted by atomic mass is 16.4. The Morgan fingerprint density at radius 1 is 0.559 bits per heavy atom. The van der Waals surface area contributed by atoms with E-state index in [4.69, 9.17) is 0 Å². The van der Waals surface area contributed by atoms with Crippen molar-refractivity contribution in [1.82, 2.24) is 10.6 Å². The Morgan fingerprint density at radius 2 is 0.912 bits per heavy atom. The number of aliphatic carboxylic acids is 2. The zero-order valence-electron chi connectivity index (χ0n) is 18.6. The molecule has 7 heteroatoms. The maximum absolute atomic E-state index is 13.2. The second kappa shape index (κ2) is 12.3. The summed E-state index contributed by atoms with van der Waals surface area (Å²) in [6.45, 7) is 0. The van der Waals surface area contributed by atoms with E-state index in [0.29, 0.717) is 0 Å². The average Bonchev–Trinajstić information content (AvgIpc) is 2.84. The van der Waals surface area contributed by atoms with Gasteiger partial charge in [-0.3, -0.25) is 14.9 Å². The highest BCUT2D eigenvalue weighted by Crippen LogP contribution is 2.10. The number of hydrogen-bond acceptors (Lipinski definition) is 4. The van der Waals surface area contributed by atoms with Crippen LogP contribution in [-0.2, 0) is 33.6 Å². The summed E-state index contributed by atoms with van der Waals surface area (Å²) in [5, 5.41) is 25.1. The van der Waals surface area contributed by atoms with Gasteiger partial charge in [0.05, 0.1) is 6.04 Å². The topological polar surface area (TPSA) is 116 Å². The molecule has 0 aliphatic carbocycles. The van der Waals surface area contributed by atoms with E-state index in [-0.39, 0.29) is 19.3 Å². The fraction of sp³-hybridized carbons (Fsp3) is 0.222.